The second-order valence-corrected chi connectivity index (χ2v) is 7.80. The SMILES string of the molecule is C=C1CC[C@@H]([C@H](C)CCC(=O)C(C)C)[C@@H](O)[C@@H]2C(C)=CC[C@@H]12. The molecule has 0 aliphatic heterocycles. The zero-order valence-electron chi connectivity index (χ0n) is 14.6. The first-order chi connectivity index (χ1) is 10.3. The molecule has 2 heteroatoms. The number of fused-ring (bicyclic) bond motifs is 1. The minimum Gasteiger partial charge on any atom is -0.392 e. The van der Waals surface area contributed by atoms with Crippen LogP contribution in [0.1, 0.15) is 59.8 Å². The standard InChI is InChI=1S/C20H32O2/c1-12(2)18(21)11-8-14(4)17-10-6-13(3)16-9-7-15(5)19(16)20(17)22/h7,12,14,16-17,19-20,22H,3,6,8-11H2,1-2,4-5H3/t14-,16+,17+,19-,20-/m1/s1. The number of ketones is 1. The van der Waals surface area contributed by atoms with E-state index in [9.17, 15) is 9.90 Å². The van der Waals surface area contributed by atoms with Gasteiger partial charge in [-0.1, -0.05) is 44.6 Å². The van der Waals surface area contributed by atoms with E-state index in [1.807, 2.05) is 13.8 Å². The van der Waals surface area contributed by atoms with Crippen LogP contribution in [0.5, 0.6) is 0 Å². The van der Waals surface area contributed by atoms with E-state index in [0.717, 1.165) is 25.7 Å². The molecule has 0 amide bonds. The lowest BCUT2D eigenvalue weighted by Crippen LogP contribution is -2.34. The largest absolute Gasteiger partial charge is 0.392 e. The Bertz CT molecular complexity index is 460. The van der Waals surface area contributed by atoms with Crippen LogP contribution in [-0.4, -0.2) is 17.0 Å². The van der Waals surface area contributed by atoms with E-state index in [0.29, 0.717) is 24.0 Å². The van der Waals surface area contributed by atoms with Crippen LogP contribution in [-0.2, 0) is 4.79 Å². The summed E-state index contributed by atoms with van der Waals surface area (Å²) in [5.41, 5.74) is 2.64. The Morgan fingerprint density at radius 1 is 1.41 bits per heavy atom. The zero-order chi connectivity index (χ0) is 16.4. The van der Waals surface area contributed by atoms with Gasteiger partial charge in [-0.2, -0.15) is 0 Å². The maximum absolute atomic E-state index is 11.9. The predicted molar refractivity (Wildman–Crippen MR) is 91.5 cm³/mol. The second kappa shape index (κ2) is 7.12. The second-order valence-electron chi connectivity index (χ2n) is 7.80. The summed E-state index contributed by atoms with van der Waals surface area (Å²) in [7, 11) is 0. The van der Waals surface area contributed by atoms with E-state index in [1.54, 1.807) is 0 Å². The van der Waals surface area contributed by atoms with Crippen molar-refractivity contribution in [1.29, 1.82) is 0 Å². The Hall–Kier alpha value is -0.890. The highest BCUT2D eigenvalue weighted by Gasteiger charge is 2.42. The molecular weight excluding hydrogens is 272 g/mol. The summed E-state index contributed by atoms with van der Waals surface area (Å²) in [6.07, 6.45) is 6.60. The van der Waals surface area contributed by atoms with Crippen molar-refractivity contribution in [2.75, 3.05) is 0 Å². The average molecular weight is 304 g/mol. The van der Waals surface area contributed by atoms with Crippen LogP contribution in [0, 0.1) is 29.6 Å². The summed E-state index contributed by atoms with van der Waals surface area (Å²) in [5.74, 6) is 1.82. The number of aliphatic hydroxyl groups excluding tert-OH is 1. The van der Waals surface area contributed by atoms with Gasteiger partial charge >= 0.3 is 0 Å². The van der Waals surface area contributed by atoms with Gasteiger partial charge in [0.05, 0.1) is 6.10 Å². The number of hydrogen-bond donors (Lipinski definition) is 1. The molecular formula is C20H32O2. The van der Waals surface area contributed by atoms with Crippen molar-refractivity contribution in [1.82, 2.24) is 0 Å². The molecule has 1 N–H and O–H groups in total. The van der Waals surface area contributed by atoms with Crippen LogP contribution in [0.3, 0.4) is 0 Å². The van der Waals surface area contributed by atoms with E-state index in [2.05, 4.69) is 26.5 Å². The number of hydrogen-bond acceptors (Lipinski definition) is 2. The first kappa shape index (κ1) is 17.5. The van der Waals surface area contributed by atoms with E-state index < -0.39 is 0 Å². The Balaban J connectivity index is 2.05. The lowest BCUT2D eigenvalue weighted by Gasteiger charge is -2.32. The number of rotatable bonds is 5. The molecule has 0 heterocycles. The fourth-order valence-electron chi connectivity index (χ4n) is 4.31. The molecule has 2 aliphatic carbocycles. The molecule has 0 unspecified atom stereocenters. The van der Waals surface area contributed by atoms with E-state index >= 15 is 0 Å². The van der Waals surface area contributed by atoms with Crippen LogP contribution in [0.25, 0.3) is 0 Å². The quantitative estimate of drug-likeness (QED) is 0.757. The van der Waals surface area contributed by atoms with Gasteiger partial charge < -0.3 is 5.11 Å². The molecule has 5 atom stereocenters. The van der Waals surface area contributed by atoms with Gasteiger partial charge in [0.1, 0.15) is 5.78 Å². The fraction of sp³-hybridized carbons (Fsp3) is 0.750. The summed E-state index contributed by atoms with van der Waals surface area (Å²) in [5, 5.41) is 11.0. The summed E-state index contributed by atoms with van der Waals surface area (Å²) in [6, 6.07) is 0. The predicted octanol–water partition coefficient (Wildman–Crippen LogP) is 4.54. The van der Waals surface area contributed by atoms with Gasteiger partial charge in [0.15, 0.2) is 0 Å². The van der Waals surface area contributed by atoms with Crippen molar-refractivity contribution in [3.05, 3.63) is 23.8 Å². The molecule has 2 rings (SSSR count). The normalized spacial score (nSPS) is 33.4. The summed E-state index contributed by atoms with van der Waals surface area (Å²) >= 11 is 0. The molecule has 1 saturated carbocycles. The number of aliphatic hydroxyl groups is 1. The van der Waals surface area contributed by atoms with Crippen molar-refractivity contribution in [3.8, 4) is 0 Å². The molecule has 0 aromatic rings. The lowest BCUT2D eigenvalue weighted by atomic mass is 9.76. The molecule has 0 spiro atoms. The maximum Gasteiger partial charge on any atom is 0.135 e. The smallest absolute Gasteiger partial charge is 0.135 e. The number of allylic oxidation sites excluding steroid dienone is 2. The number of carbonyl (C=O) groups is 1. The summed E-state index contributed by atoms with van der Waals surface area (Å²) in [6.45, 7) is 12.6. The monoisotopic (exact) mass is 304 g/mol. The highest BCUT2D eigenvalue weighted by Crippen LogP contribution is 2.47. The molecule has 0 aromatic heterocycles. The Morgan fingerprint density at radius 2 is 2.09 bits per heavy atom. The Labute approximate surface area is 135 Å². The molecule has 0 bridgehead atoms. The van der Waals surface area contributed by atoms with Crippen molar-refractivity contribution in [3.63, 3.8) is 0 Å². The molecule has 22 heavy (non-hydrogen) atoms. The third-order valence-electron chi connectivity index (χ3n) is 6.00. The van der Waals surface area contributed by atoms with Crippen LogP contribution in [0.4, 0.5) is 0 Å². The third-order valence-corrected chi connectivity index (χ3v) is 6.00. The van der Waals surface area contributed by atoms with Gasteiger partial charge in [-0.3, -0.25) is 4.79 Å². The highest BCUT2D eigenvalue weighted by atomic mass is 16.3. The van der Waals surface area contributed by atoms with E-state index in [1.165, 1.54) is 11.1 Å². The van der Waals surface area contributed by atoms with Crippen molar-refractivity contribution in [2.45, 2.75) is 65.9 Å². The molecule has 2 aliphatic rings. The van der Waals surface area contributed by atoms with Crippen LogP contribution in [0.15, 0.2) is 23.8 Å². The van der Waals surface area contributed by atoms with Gasteiger partial charge in [0, 0.05) is 18.3 Å². The lowest BCUT2D eigenvalue weighted by molar-refractivity contribution is -0.122. The topological polar surface area (TPSA) is 37.3 Å². The number of Topliss-reactive ketones (excluding diaryl/α,β-unsaturated/α-hetero) is 1. The molecule has 0 radical (unpaired) electrons. The third kappa shape index (κ3) is 3.53. The average Bonchev–Trinajstić information content (AvgIpc) is 2.80. The molecule has 0 aromatic carbocycles. The van der Waals surface area contributed by atoms with Crippen molar-refractivity contribution >= 4 is 5.78 Å². The highest BCUT2D eigenvalue weighted by molar-refractivity contribution is 5.80. The van der Waals surface area contributed by atoms with Gasteiger partial charge in [-0.15, -0.1) is 0 Å². The van der Waals surface area contributed by atoms with Crippen LogP contribution in [0.2, 0.25) is 0 Å². The first-order valence-electron chi connectivity index (χ1n) is 8.88. The van der Waals surface area contributed by atoms with E-state index in [4.69, 9.17) is 0 Å². The van der Waals surface area contributed by atoms with Crippen LogP contribution >= 0.6 is 0 Å². The van der Waals surface area contributed by atoms with Gasteiger partial charge in [0.2, 0.25) is 0 Å². The summed E-state index contributed by atoms with van der Waals surface area (Å²) < 4.78 is 0. The zero-order valence-corrected chi connectivity index (χ0v) is 14.6. The molecule has 1 fully saturated rings. The minimum absolute atomic E-state index is 0.121. The first-order valence-corrected chi connectivity index (χ1v) is 8.88. The minimum atomic E-state index is -0.285. The van der Waals surface area contributed by atoms with Gasteiger partial charge in [-0.05, 0) is 50.4 Å². The Morgan fingerprint density at radius 3 is 2.73 bits per heavy atom. The van der Waals surface area contributed by atoms with Crippen LogP contribution < -0.4 is 0 Å². The number of carbonyl (C=O) groups excluding carboxylic acids is 1. The fourth-order valence-corrected chi connectivity index (χ4v) is 4.31. The van der Waals surface area contributed by atoms with Gasteiger partial charge in [-0.25, -0.2) is 0 Å². The maximum atomic E-state index is 11.9. The van der Waals surface area contributed by atoms with Crippen molar-refractivity contribution < 1.29 is 9.90 Å². The Kier molecular flexibility index (Phi) is 5.65. The van der Waals surface area contributed by atoms with Gasteiger partial charge in [0.25, 0.3) is 0 Å². The van der Waals surface area contributed by atoms with E-state index in [-0.39, 0.29) is 23.9 Å². The molecule has 0 saturated heterocycles. The molecule has 2 nitrogen and oxygen atoms in total. The summed E-state index contributed by atoms with van der Waals surface area (Å²) in [4.78, 5) is 11.9. The van der Waals surface area contributed by atoms with Crippen molar-refractivity contribution in [2.24, 2.45) is 29.6 Å². The molecule has 124 valence electrons.